The van der Waals surface area contributed by atoms with E-state index in [1.54, 1.807) is 12.5 Å². The van der Waals surface area contributed by atoms with E-state index >= 15 is 0 Å². The number of carbonyl (C=O) groups is 1. The largest absolute Gasteiger partial charge is 0.472 e. The van der Waals surface area contributed by atoms with Crippen molar-refractivity contribution >= 4 is 11.5 Å². The topological polar surface area (TPSA) is 42.2 Å². The fraction of sp³-hybridized carbons (Fsp3) is 0.105. The summed E-state index contributed by atoms with van der Waals surface area (Å²) in [6.07, 6.45) is 3.89. The van der Waals surface area contributed by atoms with Crippen LogP contribution in [0.5, 0.6) is 0 Å². The molecule has 2 aromatic carbocycles. The Morgan fingerprint density at radius 1 is 0.955 bits per heavy atom. The molecule has 22 heavy (non-hydrogen) atoms. The van der Waals surface area contributed by atoms with E-state index in [0.717, 1.165) is 27.9 Å². The van der Waals surface area contributed by atoms with Crippen molar-refractivity contribution in [3.63, 3.8) is 0 Å². The number of para-hydroxylation sites is 1. The number of nitrogens with one attached hydrogen (secondary N) is 1. The Labute approximate surface area is 128 Å². The highest BCUT2D eigenvalue weighted by molar-refractivity contribution is 6.03. The van der Waals surface area contributed by atoms with Gasteiger partial charge in [0, 0.05) is 23.2 Å². The van der Waals surface area contributed by atoms with Gasteiger partial charge < -0.3 is 9.73 Å². The Balaban J connectivity index is 1.62. The Kier molecular flexibility index (Phi) is 3.04. The monoisotopic (exact) mass is 289 g/mol. The van der Waals surface area contributed by atoms with Crippen molar-refractivity contribution in [1.29, 1.82) is 0 Å². The first-order valence-corrected chi connectivity index (χ1v) is 7.32. The molecule has 3 aromatic rings. The van der Waals surface area contributed by atoms with Gasteiger partial charge in [-0.15, -0.1) is 0 Å². The summed E-state index contributed by atoms with van der Waals surface area (Å²) in [4.78, 5) is 12.3. The third-order valence-electron chi connectivity index (χ3n) is 4.11. The van der Waals surface area contributed by atoms with Gasteiger partial charge in [0.05, 0.1) is 18.6 Å². The van der Waals surface area contributed by atoms with Crippen LogP contribution in [0.3, 0.4) is 0 Å². The number of benzene rings is 2. The maximum atomic E-state index is 12.3. The van der Waals surface area contributed by atoms with Gasteiger partial charge in [0.25, 0.3) is 0 Å². The van der Waals surface area contributed by atoms with Gasteiger partial charge in [-0.25, -0.2) is 0 Å². The summed E-state index contributed by atoms with van der Waals surface area (Å²) < 4.78 is 5.11. The zero-order valence-electron chi connectivity index (χ0n) is 12.0. The molecule has 4 rings (SSSR count). The number of Topliss-reactive ketones (excluding diaryl/α,β-unsaturated/α-hetero) is 1. The maximum Gasteiger partial charge on any atom is 0.167 e. The second-order valence-electron chi connectivity index (χ2n) is 5.50. The van der Waals surface area contributed by atoms with Gasteiger partial charge in [-0.3, -0.25) is 4.79 Å². The van der Waals surface area contributed by atoms with Crippen molar-refractivity contribution in [2.75, 3.05) is 5.32 Å². The third-order valence-corrected chi connectivity index (χ3v) is 4.11. The molecule has 3 heteroatoms. The second kappa shape index (κ2) is 5.19. The average molecular weight is 289 g/mol. The highest BCUT2D eigenvalue weighted by Gasteiger charge is 2.24. The van der Waals surface area contributed by atoms with Gasteiger partial charge in [-0.1, -0.05) is 36.4 Å². The molecule has 0 aliphatic carbocycles. The van der Waals surface area contributed by atoms with Crippen LogP contribution in [0.1, 0.15) is 28.4 Å². The smallest absolute Gasteiger partial charge is 0.167 e. The van der Waals surface area contributed by atoms with Gasteiger partial charge in [-0.05, 0) is 29.3 Å². The molecule has 1 aliphatic rings. The van der Waals surface area contributed by atoms with Gasteiger partial charge >= 0.3 is 0 Å². The van der Waals surface area contributed by atoms with E-state index in [9.17, 15) is 4.79 Å². The number of ketones is 1. The molecule has 0 radical (unpaired) electrons. The first-order valence-electron chi connectivity index (χ1n) is 7.32. The number of carbonyl (C=O) groups excluding carboxylic acids is 1. The number of fused-ring (bicyclic) bond motifs is 1. The molecule has 1 N–H and O–H groups in total. The van der Waals surface area contributed by atoms with E-state index in [0.29, 0.717) is 6.42 Å². The fourth-order valence-corrected chi connectivity index (χ4v) is 2.92. The molecule has 0 saturated carbocycles. The fourth-order valence-electron chi connectivity index (χ4n) is 2.92. The van der Waals surface area contributed by atoms with Crippen molar-refractivity contribution in [1.82, 2.24) is 0 Å². The molecule has 1 unspecified atom stereocenters. The summed E-state index contributed by atoms with van der Waals surface area (Å²) in [6, 6.07) is 17.9. The minimum Gasteiger partial charge on any atom is -0.472 e. The molecule has 1 aliphatic heterocycles. The number of rotatable bonds is 2. The number of hydrogen-bond donors (Lipinski definition) is 1. The molecule has 2 heterocycles. The van der Waals surface area contributed by atoms with Crippen molar-refractivity contribution in [2.24, 2.45) is 0 Å². The van der Waals surface area contributed by atoms with Gasteiger partial charge in [0.1, 0.15) is 0 Å². The lowest BCUT2D eigenvalue weighted by Crippen LogP contribution is -2.22. The summed E-state index contributed by atoms with van der Waals surface area (Å²) in [7, 11) is 0. The van der Waals surface area contributed by atoms with Crippen molar-refractivity contribution in [2.45, 2.75) is 12.5 Å². The summed E-state index contributed by atoms with van der Waals surface area (Å²) in [5.74, 6) is 0.193. The molecular formula is C19H15NO2. The molecule has 0 fully saturated rings. The summed E-state index contributed by atoms with van der Waals surface area (Å²) in [5, 5.41) is 3.46. The number of anilines is 1. The van der Waals surface area contributed by atoms with E-state index in [1.165, 1.54) is 0 Å². The molecule has 3 nitrogen and oxygen atoms in total. The maximum absolute atomic E-state index is 12.3. The highest BCUT2D eigenvalue weighted by Crippen LogP contribution is 2.33. The number of hydrogen-bond acceptors (Lipinski definition) is 3. The van der Waals surface area contributed by atoms with Gasteiger partial charge in [0.15, 0.2) is 5.78 Å². The predicted molar refractivity (Wildman–Crippen MR) is 85.9 cm³/mol. The Bertz CT molecular complexity index is 804. The lowest BCUT2D eigenvalue weighted by atomic mass is 9.92. The average Bonchev–Trinajstić information content (AvgIpc) is 3.09. The standard InChI is InChI=1S/C19H15NO2/c21-19-11-18(20-17-4-2-1-3-16(17)19)14-7-5-13(6-8-14)15-9-10-22-12-15/h1-10,12,18,20H,11H2. The summed E-state index contributed by atoms with van der Waals surface area (Å²) in [5.41, 5.74) is 5.00. The lowest BCUT2D eigenvalue weighted by Gasteiger charge is -2.26. The minimum atomic E-state index is 0.0285. The van der Waals surface area contributed by atoms with Crippen LogP contribution >= 0.6 is 0 Å². The van der Waals surface area contributed by atoms with Gasteiger partial charge in [-0.2, -0.15) is 0 Å². The van der Waals surface area contributed by atoms with E-state index in [-0.39, 0.29) is 11.8 Å². The molecule has 0 spiro atoms. The quantitative estimate of drug-likeness (QED) is 0.744. The van der Waals surface area contributed by atoms with Crippen LogP contribution in [0.15, 0.2) is 71.5 Å². The van der Waals surface area contributed by atoms with Crippen molar-refractivity contribution in [3.8, 4) is 11.1 Å². The Morgan fingerprint density at radius 3 is 2.55 bits per heavy atom. The number of furan rings is 1. The van der Waals surface area contributed by atoms with Crippen LogP contribution in [-0.2, 0) is 0 Å². The van der Waals surface area contributed by atoms with Crippen molar-refractivity contribution < 1.29 is 9.21 Å². The Morgan fingerprint density at radius 2 is 1.77 bits per heavy atom. The highest BCUT2D eigenvalue weighted by atomic mass is 16.3. The van der Waals surface area contributed by atoms with E-state index in [1.807, 2.05) is 30.3 Å². The first-order chi connectivity index (χ1) is 10.8. The normalized spacial score (nSPS) is 16.9. The van der Waals surface area contributed by atoms with E-state index in [4.69, 9.17) is 4.42 Å². The SMILES string of the molecule is O=C1CC(c2ccc(-c3ccoc3)cc2)Nc2ccccc21. The molecular weight excluding hydrogens is 274 g/mol. The molecule has 108 valence electrons. The molecule has 0 saturated heterocycles. The molecule has 0 bridgehead atoms. The lowest BCUT2D eigenvalue weighted by molar-refractivity contribution is 0.0972. The minimum absolute atomic E-state index is 0.0285. The zero-order chi connectivity index (χ0) is 14.9. The Hall–Kier alpha value is -2.81. The van der Waals surface area contributed by atoms with E-state index < -0.39 is 0 Å². The van der Waals surface area contributed by atoms with Crippen LogP contribution in [0.4, 0.5) is 5.69 Å². The third kappa shape index (κ3) is 2.21. The van der Waals surface area contributed by atoms with Crippen LogP contribution in [0, 0.1) is 0 Å². The molecule has 0 amide bonds. The second-order valence-corrected chi connectivity index (χ2v) is 5.50. The molecule has 1 atom stereocenters. The van der Waals surface area contributed by atoms with Crippen LogP contribution in [0.25, 0.3) is 11.1 Å². The first kappa shape index (κ1) is 12.9. The zero-order valence-corrected chi connectivity index (χ0v) is 12.0. The van der Waals surface area contributed by atoms with Crippen LogP contribution < -0.4 is 5.32 Å². The van der Waals surface area contributed by atoms with E-state index in [2.05, 4.69) is 29.6 Å². The van der Waals surface area contributed by atoms with Crippen LogP contribution in [-0.4, -0.2) is 5.78 Å². The summed E-state index contributed by atoms with van der Waals surface area (Å²) in [6.45, 7) is 0. The predicted octanol–water partition coefficient (Wildman–Crippen LogP) is 4.69. The summed E-state index contributed by atoms with van der Waals surface area (Å²) >= 11 is 0. The van der Waals surface area contributed by atoms with Gasteiger partial charge in [0.2, 0.25) is 0 Å². The van der Waals surface area contributed by atoms with Crippen molar-refractivity contribution in [3.05, 3.63) is 78.3 Å². The van der Waals surface area contributed by atoms with Crippen LogP contribution in [0.2, 0.25) is 0 Å². The molecule has 1 aromatic heterocycles.